The molecule has 2 unspecified atom stereocenters. The summed E-state index contributed by atoms with van der Waals surface area (Å²) >= 11 is 2.29. The van der Waals surface area contributed by atoms with Crippen LogP contribution in [0, 0.1) is 10.8 Å². The zero-order valence-electron chi connectivity index (χ0n) is 11.1. The molecule has 0 aliphatic heterocycles. The van der Waals surface area contributed by atoms with Gasteiger partial charge in [0.2, 0.25) is 0 Å². The van der Waals surface area contributed by atoms with Gasteiger partial charge in [0.1, 0.15) is 6.10 Å². The maximum Gasteiger partial charge on any atom is 0.314 e. The van der Waals surface area contributed by atoms with Gasteiger partial charge >= 0.3 is 5.97 Å². The summed E-state index contributed by atoms with van der Waals surface area (Å²) in [6.07, 6.45) is 0.762. The first kappa shape index (κ1) is 13.8. The predicted octanol–water partition coefficient (Wildman–Crippen LogP) is 4.14. The van der Waals surface area contributed by atoms with E-state index >= 15 is 0 Å². The van der Waals surface area contributed by atoms with Crippen molar-refractivity contribution in [2.75, 3.05) is 4.43 Å². The molecule has 1 aliphatic rings. The number of ether oxygens (including phenoxy) is 1. The minimum absolute atomic E-state index is 0.0433. The van der Waals surface area contributed by atoms with Crippen molar-refractivity contribution in [1.29, 1.82) is 0 Å². The third-order valence-corrected chi connectivity index (χ3v) is 5.39. The largest absolute Gasteiger partial charge is 0.457 e. The molecule has 1 aliphatic carbocycles. The lowest BCUT2D eigenvalue weighted by Gasteiger charge is -2.20. The molecule has 2 atom stereocenters. The lowest BCUT2D eigenvalue weighted by atomic mass is 9.98. The number of carbonyl (C=O) groups excluding carboxylic acids is 1. The normalized spacial score (nSPS) is 26.4. The van der Waals surface area contributed by atoms with Crippen molar-refractivity contribution in [2.24, 2.45) is 10.8 Å². The topological polar surface area (TPSA) is 26.3 Å². The number of hydrogen-bond acceptors (Lipinski definition) is 2. The van der Waals surface area contributed by atoms with Crippen LogP contribution >= 0.6 is 22.6 Å². The lowest BCUT2D eigenvalue weighted by molar-refractivity contribution is -0.155. The van der Waals surface area contributed by atoms with Crippen molar-refractivity contribution in [1.82, 2.24) is 0 Å². The maximum absolute atomic E-state index is 12.3. The average molecular weight is 358 g/mol. The molecule has 0 saturated heterocycles. The SMILES string of the molecule is CC(OC(=O)C1(CI)CC1(C)C)c1ccccc1. The number of rotatable bonds is 4. The van der Waals surface area contributed by atoms with Gasteiger partial charge in [0.15, 0.2) is 0 Å². The van der Waals surface area contributed by atoms with Crippen molar-refractivity contribution in [3.63, 3.8) is 0 Å². The van der Waals surface area contributed by atoms with E-state index in [-0.39, 0.29) is 22.9 Å². The summed E-state index contributed by atoms with van der Waals surface area (Å²) in [6.45, 7) is 6.21. The smallest absolute Gasteiger partial charge is 0.314 e. The number of benzene rings is 1. The maximum atomic E-state index is 12.3. The van der Waals surface area contributed by atoms with E-state index in [1.54, 1.807) is 0 Å². The van der Waals surface area contributed by atoms with Gasteiger partial charge in [-0.1, -0.05) is 66.8 Å². The Kier molecular flexibility index (Phi) is 3.72. The second-order valence-electron chi connectivity index (χ2n) is 5.73. The molecule has 2 rings (SSSR count). The van der Waals surface area contributed by atoms with E-state index in [9.17, 15) is 4.79 Å². The molecular formula is C15H19IO2. The highest BCUT2D eigenvalue weighted by Gasteiger charge is 2.66. The van der Waals surface area contributed by atoms with Gasteiger partial charge in [0.25, 0.3) is 0 Å². The number of hydrogen-bond donors (Lipinski definition) is 0. The Morgan fingerprint density at radius 2 is 1.94 bits per heavy atom. The van der Waals surface area contributed by atoms with Crippen molar-refractivity contribution < 1.29 is 9.53 Å². The number of alkyl halides is 1. The van der Waals surface area contributed by atoms with E-state index < -0.39 is 0 Å². The predicted molar refractivity (Wildman–Crippen MR) is 80.7 cm³/mol. The molecule has 1 saturated carbocycles. The Balaban J connectivity index is 2.05. The fraction of sp³-hybridized carbons (Fsp3) is 0.533. The molecule has 3 heteroatoms. The second kappa shape index (κ2) is 4.83. The van der Waals surface area contributed by atoms with E-state index in [1.807, 2.05) is 37.3 Å². The number of halogens is 1. The highest BCUT2D eigenvalue weighted by atomic mass is 127. The Hall–Kier alpha value is -0.580. The fourth-order valence-electron chi connectivity index (χ4n) is 2.41. The lowest BCUT2D eigenvalue weighted by Crippen LogP contribution is -2.26. The molecule has 0 aromatic heterocycles. The summed E-state index contributed by atoms with van der Waals surface area (Å²) in [5, 5.41) is 0. The standard InChI is InChI=1S/C15H19IO2/c1-11(12-7-5-4-6-8-12)18-13(17)15(10-16)9-14(15,2)3/h4-8,11H,9-10H2,1-3H3. The molecule has 0 radical (unpaired) electrons. The van der Waals surface area contributed by atoms with Gasteiger partial charge in [-0.05, 0) is 24.3 Å². The molecule has 0 amide bonds. The van der Waals surface area contributed by atoms with Gasteiger partial charge < -0.3 is 4.74 Å². The molecule has 1 fully saturated rings. The summed E-state index contributed by atoms with van der Waals surface area (Å²) in [5.41, 5.74) is 0.867. The molecule has 1 aromatic rings. The molecule has 0 bridgehead atoms. The van der Waals surface area contributed by atoms with E-state index in [2.05, 4.69) is 36.4 Å². The fourth-order valence-corrected chi connectivity index (χ4v) is 4.02. The van der Waals surface area contributed by atoms with Gasteiger partial charge in [-0.3, -0.25) is 4.79 Å². The van der Waals surface area contributed by atoms with Crippen molar-refractivity contribution in [3.8, 4) is 0 Å². The second-order valence-corrected chi connectivity index (χ2v) is 6.50. The molecule has 0 heterocycles. The Morgan fingerprint density at radius 1 is 1.39 bits per heavy atom. The van der Waals surface area contributed by atoms with Crippen LogP contribution in [-0.2, 0) is 9.53 Å². The Morgan fingerprint density at radius 3 is 2.39 bits per heavy atom. The zero-order valence-corrected chi connectivity index (χ0v) is 13.2. The van der Waals surface area contributed by atoms with E-state index in [4.69, 9.17) is 4.74 Å². The van der Waals surface area contributed by atoms with Crippen molar-refractivity contribution in [2.45, 2.75) is 33.3 Å². The van der Waals surface area contributed by atoms with Gasteiger partial charge in [-0.25, -0.2) is 0 Å². The van der Waals surface area contributed by atoms with E-state index in [0.717, 1.165) is 16.4 Å². The summed E-state index contributed by atoms with van der Waals surface area (Å²) in [5.74, 6) is -0.0433. The molecular weight excluding hydrogens is 339 g/mol. The van der Waals surface area contributed by atoms with Crippen LogP contribution in [0.1, 0.15) is 38.9 Å². The first-order valence-electron chi connectivity index (χ1n) is 6.25. The third kappa shape index (κ3) is 2.29. The van der Waals surface area contributed by atoms with Crippen LogP contribution in [0.4, 0.5) is 0 Å². The van der Waals surface area contributed by atoms with Crippen LogP contribution in [0.25, 0.3) is 0 Å². The Labute approximate surface area is 122 Å². The summed E-state index contributed by atoms with van der Waals surface area (Å²) < 4.78 is 6.48. The van der Waals surface area contributed by atoms with E-state index in [1.165, 1.54) is 0 Å². The molecule has 1 aromatic carbocycles. The minimum Gasteiger partial charge on any atom is -0.457 e. The number of esters is 1. The molecule has 2 nitrogen and oxygen atoms in total. The zero-order chi connectivity index (χ0) is 13.4. The van der Waals surface area contributed by atoms with Crippen LogP contribution < -0.4 is 0 Å². The van der Waals surface area contributed by atoms with Crippen molar-refractivity contribution >= 4 is 28.6 Å². The molecule has 0 spiro atoms. The third-order valence-electron chi connectivity index (χ3n) is 4.09. The monoisotopic (exact) mass is 358 g/mol. The van der Waals surface area contributed by atoms with Crippen molar-refractivity contribution in [3.05, 3.63) is 35.9 Å². The van der Waals surface area contributed by atoms with E-state index in [0.29, 0.717) is 0 Å². The molecule has 98 valence electrons. The first-order chi connectivity index (χ1) is 8.43. The average Bonchev–Trinajstić information content (AvgIpc) is 2.94. The van der Waals surface area contributed by atoms with Crippen LogP contribution in [0.15, 0.2) is 30.3 Å². The minimum atomic E-state index is -0.267. The van der Waals surface area contributed by atoms with Gasteiger partial charge in [0.05, 0.1) is 5.41 Å². The molecule has 0 N–H and O–H groups in total. The summed E-state index contributed by atoms with van der Waals surface area (Å²) in [4.78, 5) is 12.3. The highest BCUT2D eigenvalue weighted by molar-refractivity contribution is 14.1. The van der Waals surface area contributed by atoms with Gasteiger partial charge in [-0.15, -0.1) is 0 Å². The highest BCUT2D eigenvalue weighted by Crippen LogP contribution is 2.65. The number of carbonyl (C=O) groups is 1. The summed E-state index contributed by atoms with van der Waals surface area (Å²) in [6, 6.07) is 9.89. The summed E-state index contributed by atoms with van der Waals surface area (Å²) in [7, 11) is 0. The Bertz CT molecular complexity index is 441. The van der Waals surface area contributed by atoms with Gasteiger partial charge in [-0.2, -0.15) is 0 Å². The van der Waals surface area contributed by atoms with Crippen LogP contribution in [0.5, 0.6) is 0 Å². The van der Waals surface area contributed by atoms with Crippen LogP contribution in [-0.4, -0.2) is 10.4 Å². The van der Waals surface area contributed by atoms with Crippen LogP contribution in [0.2, 0.25) is 0 Å². The van der Waals surface area contributed by atoms with Gasteiger partial charge in [0, 0.05) is 4.43 Å². The quantitative estimate of drug-likeness (QED) is 0.459. The van der Waals surface area contributed by atoms with Crippen LogP contribution in [0.3, 0.4) is 0 Å². The molecule has 18 heavy (non-hydrogen) atoms. The first-order valence-corrected chi connectivity index (χ1v) is 7.77.